The van der Waals surface area contributed by atoms with E-state index < -0.39 is 0 Å². The molecule has 1 heterocycles. The van der Waals surface area contributed by atoms with Crippen molar-refractivity contribution >= 4 is 0 Å². The van der Waals surface area contributed by atoms with Gasteiger partial charge in [-0.2, -0.15) is 0 Å². The van der Waals surface area contributed by atoms with Gasteiger partial charge in [-0.3, -0.25) is 0 Å². The molecule has 1 aliphatic carbocycles. The molecule has 0 amide bonds. The normalized spacial score (nSPS) is 26.8. The Bertz CT molecular complexity index is 456. The maximum atomic E-state index is 13.8. The summed E-state index contributed by atoms with van der Waals surface area (Å²) in [6.45, 7) is 2.89. The highest BCUT2D eigenvalue weighted by atomic mass is 19.1. The van der Waals surface area contributed by atoms with Gasteiger partial charge in [-0.1, -0.05) is 31.0 Å². The first kappa shape index (κ1) is 14.0. The molecule has 1 aliphatic heterocycles. The van der Waals surface area contributed by atoms with Crippen LogP contribution in [0, 0.1) is 5.82 Å². The van der Waals surface area contributed by atoms with Crippen LogP contribution >= 0.6 is 0 Å². The molecule has 1 spiro atoms. The number of rotatable bonds is 3. The van der Waals surface area contributed by atoms with Crippen LogP contribution in [0.25, 0.3) is 0 Å². The van der Waals surface area contributed by atoms with E-state index in [2.05, 4.69) is 12.2 Å². The third kappa shape index (κ3) is 2.89. The molecular formula is C17H24FNO. The molecule has 2 nitrogen and oxygen atoms in total. The number of hydrogen-bond donors (Lipinski definition) is 1. The molecule has 0 bridgehead atoms. The molecule has 1 saturated heterocycles. The molecular weight excluding hydrogens is 253 g/mol. The Labute approximate surface area is 120 Å². The fraction of sp³-hybridized carbons (Fsp3) is 0.647. The lowest BCUT2D eigenvalue weighted by atomic mass is 9.88. The summed E-state index contributed by atoms with van der Waals surface area (Å²) in [5, 5.41) is 3.61. The van der Waals surface area contributed by atoms with Gasteiger partial charge in [-0.05, 0) is 38.7 Å². The van der Waals surface area contributed by atoms with Crippen molar-refractivity contribution in [1.82, 2.24) is 5.32 Å². The van der Waals surface area contributed by atoms with Crippen LogP contribution in [0.3, 0.4) is 0 Å². The minimum absolute atomic E-state index is 0.0535. The summed E-state index contributed by atoms with van der Waals surface area (Å²) in [6, 6.07) is 7.55. The van der Waals surface area contributed by atoms with Crippen LogP contribution < -0.4 is 5.32 Å². The predicted molar refractivity (Wildman–Crippen MR) is 78.1 cm³/mol. The van der Waals surface area contributed by atoms with Crippen molar-refractivity contribution in [2.45, 2.75) is 63.1 Å². The van der Waals surface area contributed by atoms with Crippen LogP contribution in [0.1, 0.15) is 57.1 Å². The van der Waals surface area contributed by atoms with Gasteiger partial charge in [0, 0.05) is 24.3 Å². The molecule has 2 fully saturated rings. The van der Waals surface area contributed by atoms with Crippen molar-refractivity contribution in [2.24, 2.45) is 0 Å². The fourth-order valence-corrected chi connectivity index (χ4v) is 3.81. The molecule has 0 radical (unpaired) electrons. The monoisotopic (exact) mass is 277 g/mol. The molecule has 3 heteroatoms. The highest BCUT2D eigenvalue weighted by molar-refractivity contribution is 5.20. The molecule has 20 heavy (non-hydrogen) atoms. The van der Waals surface area contributed by atoms with Crippen LogP contribution in [-0.2, 0) is 4.74 Å². The Morgan fingerprint density at radius 2 is 2.05 bits per heavy atom. The van der Waals surface area contributed by atoms with E-state index in [0.717, 1.165) is 25.0 Å². The number of halogens is 1. The zero-order chi connectivity index (χ0) is 14.0. The molecule has 3 rings (SSSR count). The largest absolute Gasteiger partial charge is 0.375 e. The standard InChI is InChI=1S/C17H24FNO/c1-13(15-6-2-3-7-16(15)18)19-14-8-11-20-17(12-14)9-4-5-10-17/h2-3,6-7,13-14,19H,4-5,8-12H2,1H3. The van der Waals surface area contributed by atoms with E-state index in [-0.39, 0.29) is 17.5 Å². The van der Waals surface area contributed by atoms with Gasteiger partial charge < -0.3 is 10.1 Å². The minimum Gasteiger partial charge on any atom is -0.375 e. The Hall–Kier alpha value is -0.930. The molecule has 1 N–H and O–H groups in total. The average Bonchev–Trinajstić information content (AvgIpc) is 2.87. The summed E-state index contributed by atoms with van der Waals surface area (Å²) in [7, 11) is 0. The van der Waals surface area contributed by atoms with Crippen molar-refractivity contribution in [1.29, 1.82) is 0 Å². The predicted octanol–water partition coefficient (Wildman–Crippen LogP) is 3.97. The van der Waals surface area contributed by atoms with Crippen molar-refractivity contribution in [3.05, 3.63) is 35.6 Å². The Morgan fingerprint density at radius 3 is 2.80 bits per heavy atom. The Balaban J connectivity index is 1.64. The van der Waals surface area contributed by atoms with Crippen LogP contribution in [0.4, 0.5) is 4.39 Å². The van der Waals surface area contributed by atoms with Gasteiger partial charge in [0.1, 0.15) is 5.82 Å². The van der Waals surface area contributed by atoms with Crippen molar-refractivity contribution in [3.8, 4) is 0 Å². The highest BCUT2D eigenvalue weighted by Crippen LogP contribution is 2.40. The summed E-state index contributed by atoms with van der Waals surface area (Å²) in [5.74, 6) is -0.116. The molecule has 1 aromatic carbocycles. The minimum atomic E-state index is -0.116. The van der Waals surface area contributed by atoms with E-state index in [9.17, 15) is 4.39 Å². The Kier molecular flexibility index (Phi) is 4.08. The van der Waals surface area contributed by atoms with E-state index >= 15 is 0 Å². The van der Waals surface area contributed by atoms with Gasteiger partial charge in [0.05, 0.1) is 5.60 Å². The first-order valence-corrected chi connectivity index (χ1v) is 7.83. The van der Waals surface area contributed by atoms with E-state index in [1.54, 1.807) is 6.07 Å². The lowest BCUT2D eigenvalue weighted by Gasteiger charge is -2.39. The van der Waals surface area contributed by atoms with Gasteiger partial charge in [0.2, 0.25) is 0 Å². The summed E-state index contributed by atoms with van der Waals surface area (Å²) in [4.78, 5) is 0. The lowest BCUT2D eigenvalue weighted by Crippen LogP contribution is -2.46. The smallest absolute Gasteiger partial charge is 0.127 e. The molecule has 110 valence electrons. The lowest BCUT2D eigenvalue weighted by molar-refractivity contribution is -0.0846. The first-order chi connectivity index (χ1) is 9.69. The molecule has 2 unspecified atom stereocenters. The second-order valence-electron chi connectivity index (χ2n) is 6.34. The summed E-state index contributed by atoms with van der Waals surface area (Å²) in [5.41, 5.74) is 0.879. The van der Waals surface area contributed by atoms with Gasteiger partial charge in [-0.25, -0.2) is 4.39 Å². The number of nitrogens with one attached hydrogen (secondary N) is 1. The second-order valence-corrected chi connectivity index (χ2v) is 6.34. The summed E-state index contributed by atoms with van der Waals surface area (Å²) >= 11 is 0. The van der Waals surface area contributed by atoms with Gasteiger partial charge in [0.15, 0.2) is 0 Å². The van der Waals surface area contributed by atoms with Crippen molar-refractivity contribution in [2.75, 3.05) is 6.61 Å². The zero-order valence-corrected chi connectivity index (χ0v) is 12.2. The first-order valence-electron chi connectivity index (χ1n) is 7.83. The van der Waals surface area contributed by atoms with Gasteiger partial charge in [-0.15, -0.1) is 0 Å². The van der Waals surface area contributed by atoms with Crippen molar-refractivity contribution < 1.29 is 9.13 Å². The van der Waals surface area contributed by atoms with E-state index in [0.29, 0.717) is 6.04 Å². The maximum absolute atomic E-state index is 13.8. The molecule has 1 saturated carbocycles. The Morgan fingerprint density at radius 1 is 1.30 bits per heavy atom. The number of ether oxygens (including phenoxy) is 1. The molecule has 0 aromatic heterocycles. The van der Waals surface area contributed by atoms with E-state index in [4.69, 9.17) is 4.74 Å². The topological polar surface area (TPSA) is 21.3 Å². The van der Waals surface area contributed by atoms with Gasteiger partial charge in [0.25, 0.3) is 0 Å². The van der Waals surface area contributed by atoms with Crippen LogP contribution in [0.15, 0.2) is 24.3 Å². The van der Waals surface area contributed by atoms with Crippen molar-refractivity contribution in [3.63, 3.8) is 0 Å². The fourth-order valence-electron chi connectivity index (χ4n) is 3.81. The van der Waals surface area contributed by atoms with Crippen LogP contribution in [-0.4, -0.2) is 18.2 Å². The third-order valence-electron chi connectivity index (χ3n) is 4.87. The quantitative estimate of drug-likeness (QED) is 0.902. The number of benzene rings is 1. The van der Waals surface area contributed by atoms with Crippen LogP contribution in [0.2, 0.25) is 0 Å². The van der Waals surface area contributed by atoms with E-state index in [1.807, 2.05) is 12.1 Å². The summed E-state index contributed by atoms with van der Waals surface area (Å²) < 4.78 is 19.9. The SMILES string of the molecule is CC(NC1CCOC2(CCCC2)C1)c1ccccc1F. The molecule has 2 atom stereocenters. The van der Waals surface area contributed by atoms with Crippen LogP contribution in [0.5, 0.6) is 0 Å². The average molecular weight is 277 g/mol. The third-order valence-corrected chi connectivity index (χ3v) is 4.87. The number of hydrogen-bond acceptors (Lipinski definition) is 2. The van der Waals surface area contributed by atoms with E-state index in [1.165, 1.54) is 31.7 Å². The molecule has 1 aromatic rings. The zero-order valence-electron chi connectivity index (χ0n) is 12.2. The summed E-state index contributed by atoms with van der Waals surface area (Å²) in [6.07, 6.45) is 7.07. The molecule has 2 aliphatic rings. The highest BCUT2D eigenvalue weighted by Gasteiger charge is 2.40. The maximum Gasteiger partial charge on any atom is 0.127 e. The van der Waals surface area contributed by atoms with Gasteiger partial charge >= 0.3 is 0 Å². The second kappa shape index (κ2) is 5.82.